The molecule has 0 atom stereocenters. The third-order valence-corrected chi connectivity index (χ3v) is 5.51. The fourth-order valence-corrected chi connectivity index (χ4v) is 3.99. The summed E-state index contributed by atoms with van der Waals surface area (Å²) in [6.07, 6.45) is 5.33. The van der Waals surface area contributed by atoms with Gasteiger partial charge in [0.1, 0.15) is 0 Å². The summed E-state index contributed by atoms with van der Waals surface area (Å²) in [5, 5.41) is 13.8. The summed E-state index contributed by atoms with van der Waals surface area (Å²) in [4.78, 5) is 16.1. The summed E-state index contributed by atoms with van der Waals surface area (Å²) in [7, 11) is 5.69. The summed E-state index contributed by atoms with van der Waals surface area (Å²) in [6.45, 7) is 0.594. The molecule has 0 aliphatic rings. The van der Waals surface area contributed by atoms with Crippen molar-refractivity contribution in [2.24, 2.45) is 19.2 Å². The Kier molecular flexibility index (Phi) is 5.26. The first kappa shape index (κ1) is 19.1. The van der Waals surface area contributed by atoms with Crippen LogP contribution < -0.4 is 0 Å². The van der Waals surface area contributed by atoms with Crippen molar-refractivity contribution in [3.05, 3.63) is 69.6 Å². The summed E-state index contributed by atoms with van der Waals surface area (Å²) < 4.78 is 3.69. The lowest BCUT2D eigenvalue weighted by molar-refractivity contribution is 0.111. The van der Waals surface area contributed by atoms with Gasteiger partial charge >= 0.3 is 0 Å². The first-order valence-electron chi connectivity index (χ1n) is 9.22. The van der Waals surface area contributed by atoms with Crippen LogP contribution in [0.4, 0.5) is 0 Å². The van der Waals surface area contributed by atoms with E-state index in [1.54, 1.807) is 22.2 Å². The number of carbonyl (C=O) groups excluding carboxylic acids is 1. The molecular formula is C21H22N6OS. The number of nitrogens with zero attached hydrogens (tertiary/aromatic N) is 6. The molecule has 3 heterocycles. The van der Waals surface area contributed by atoms with Crippen LogP contribution in [0, 0.1) is 0 Å². The van der Waals surface area contributed by atoms with E-state index in [2.05, 4.69) is 38.8 Å². The Balaban J connectivity index is 1.63. The maximum atomic E-state index is 11.8. The number of fused-ring (bicyclic) bond motifs is 1. The van der Waals surface area contributed by atoms with Crippen molar-refractivity contribution in [2.45, 2.75) is 13.0 Å². The minimum absolute atomic E-state index is 0.594. The number of carbonyl (C=O) groups is 1. The third-order valence-electron chi connectivity index (χ3n) is 4.87. The van der Waals surface area contributed by atoms with Crippen LogP contribution in [0.1, 0.15) is 33.0 Å². The molecule has 0 saturated carbocycles. The van der Waals surface area contributed by atoms with Gasteiger partial charge in [-0.1, -0.05) is 12.1 Å². The molecule has 0 spiro atoms. The van der Waals surface area contributed by atoms with Crippen molar-refractivity contribution in [1.82, 2.24) is 24.3 Å². The maximum Gasteiger partial charge on any atom is 0.167 e. The van der Waals surface area contributed by atoms with E-state index in [1.807, 2.05) is 48.5 Å². The van der Waals surface area contributed by atoms with Gasteiger partial charge < -0.3 is 4.57 Å². The molecule has 0 saturated heterocycles. The van der Waals surface area contributed by atoms with Crippen molar-refractivity contribution in [3.8, 4) is 0 Å². The van der Waals surface area contributed by atoms with Gasteiger partial charge in [-0.2, -0.15) is 10.2 Å². The zero-order chi connectivity index (χ0) is 20.4. The zero-order valence-corrected chi connectivity index (χ0v) is 17.4. The Morgan fingerprint density at radius 2 is 2.10 bits per heavy atom. The molecule has 29 heavy (non-hydrogen) atoms. The number of hydrogen-bond acceptors (Lipinski definition) is 6. The summed E-state index contributed by atoms with van der Waals surface area (Å²) in [5.41, 5.74) is 7.44. The SMILES string of the molecule is CN(Cc1ccn(C)n1)/N=C\c1c(C=O)n(C)c2cc(Cc3cscn3)ccc12. The minimum Gasteiger partial charge on any atom is -0.341 e. The van der Waals surface area contributed by atoms with E-state index in [0.717, 1.165) is 46.1 Å². The highest BCUT2D eigenvalue weighted by atomic mass is 32.1. The van der Waals surface area contributed by atoms with Gasteiger partial charge in [-0.25, -0.2) is 4.98 Å². The van der Waals surface area contributed by atoms with Gasteiger partial charge in [0, 0.05) is 55.6 Å². The van der Waals surface area contributed by atoms with E-state index >= 15 is 0 Å². The van der Waals surface area contributed by atoms with E-state index in [-0.39, 0.29) is 0 Å². The normalized spacial score (nSPS) is 11.6. The molecule has 0 N–H and O–H groups in total. The van der Waals surface area contributed by atoms with Crippen LogP contribution in [-0.2, 0) is 27.1 Å². The average Bonchev–Trinajstić information content (AvgIpc) is 3.41. The molecule has 0 bridgehead atoms. The van der Waals surface area contributed by atoms with Gasteiger partial charge in [0.15, 0.2) is 6.29 Å². The first-order valence-corrected chi connectivity index (χ1v) is 10.2. The molecule has 0 amide bonds. The largest absolute Gasteiger partial charge is 0.341 e. The topological polar surface area (TPSA) is 68.3 Å². The van der Waals surface area contributed by atoms with E-state index in [9.17, 15) is 4.79 Å². The van der Waals surface area contributed by atoms with Crippen molar-refractivity contribution in [2.75, 3.05) is 7.05 Å². The smallest absolute Gasteiger partial charge is 0.167 e. The molecule has 1 aromatic carbocycles. The van der Waals surface area contributed by atoms with E-state index in [0.29, 0.717) is 12.2 Å². The van der Waals surface area contributed by atoms with Crippen LogP contribution in [0.25, 0.3) is 10.9 Å². The van der Waals surface area contributed by atoms with Crippen LogP contribution in [0.5, 0.6) is 0 Å². The van der Waals surface area contributed by atoms with Crippen molar-refractivity contribution in [1.29, 1.82) is 0 Å². The fourth-order valence-electron chi connectivity index (χ4n) is 3.43. The predicted octanol–water partition coefficient (Wildman–Crippen LogP) is 3.24. The first-order chi connectivity index (χ1) is 14.0. The molecule has 3 aromatic heterocycles. The lowest BCUT2D eigenvalue weighted by Gasteiger charge is -2.10. The second kappa shape index (κ2) is 8.00. The number of benzene rings is 1. The Morgan fingerprint density at radius 1 is 1.24 bits per heavy atom. The molecule has 0 unspecified atom stereocenters. The molecule has 0 aliphatic heterocycles. The molecule has 8 heteroatoms. The lowest BCUT2D eigenvalue weighted by atomic mass is 10.1. The predicted molar refractivity (Wildman–Crippen MR) is 115 cm³/mol. The maximum absolute atomic E-state index is 11.8. The summed E-state index contributed by atoms with van der Waals surface area (Å²) >= 11 is 1.60. The highest BCUT2D eigenvalue weighted by molar-refractivity contribution is 7.07. The van der Waals surface area contributed by atoms with Crippen LogP contribution in [-0.4, -0.2) is 43.9 Å². The van der Waals surface area contributed by atoms with Gasteiger partial charge in [-0.3, -0.25) is 14.5 Å². The molecular weight excluding hydrogens is 384 g/mol. The van der Waals surface area contributed by atoms with Gasteiger partial charge in [0.2, 0.25) is 0 Å². The van der Waals surface area contributed by atoms with Gasteiger partial charge in [0.05, 0.1) is 35.4 Å². The van der Waals surface area contributed by atoms with Gasteiger partial charge in [-0.15, -0.1) is 11.3 Å². The molecule has 0 radical (unpaired) electrons. The van der Waals surface area contributed by atoms with Gasteiger partial charge in [-0.05, 0) is 17.7 Å². The van der Waals surface area contributed by atoms with E-state index in [1.165, 1.54) is 0 Å². The van der Waals surface area contributed by atoms with Crippen LogP contribution >= 0.6 is 11.3 Å². The number of thiazole rings is 1. The Morgan fingerprint density at radius 3 is 2.79 bits per heavy atom. The summed E-state index contributed by atoms with van der Waals surface area (Å²) in [5.74, 6) is 0. The highest BCUT2D eigenvalue weighted by Crippen LogP contribution is 2.25. The van der Waals surface area contributed by atoms with Crippen molar-refractivity contribution >= 4 is 34.7 Å². The molecule has 0 fully saturated rings. The number of hydrazone groups is 1. The van der Waals surface area contributed by atoms with Crippen LogP contribution in [0.2, 0.25) is 0 Å². The number of aromatic nitrogens is 4. The molecule has 4 rings (SSSR count). The van der Waals surface area contributed by atoms with Crippen LogP contribution in [0.15, 0.2) is 46.5 Å². The Hall–Kier alpha value is -3.26. The van der Waals surface area contributed by atoms with Crippen LogP contribution in [0.3, 0.4) is 0 Å². The Labute approximate surface area is 172 Å². The molecule has 4 aromatic rings. The molecule has 7 nitrogen and oxygen atoms in total. The number of hydrogen-bond donors (Lipinski definition) is 0. The van der Waals surface area contributed by atoms with Crippen molar-refractivity contribution in [3.63, 3.8) is 0 Å². The molecule has 0 aliphatic carbocycles. The Bertz CT molecular complexity index is 1170. The van der Waals surface area contributed by atoms with E-state index in [4.69, 9.17) is 0 Å². The average molecular weight is 407 g/mol. The van der Waals surface area contributed by atoms with Crippen molar-refractivity contribution < 1.29 is 4.79 Å². The molecule has 148 valence electrons. The highest BCUT2D eigenvalue weighted by Gasteiger charge is 2.14. The second-order valence-corrected chi connectivity index (χ2v) is 7.74. The number of aryl methyl sites for hydroxylation is 2. The fraction of sp³-hybridized carbons (Fsp3) is 0.238. The monoisotopic (exact) mass is 406 g/mol. The number of rotatable bonds is 7. The quantitative estimate of drug-likeness (QED) is 0.268. The third kappa shape index (κ3) is 3.97. The summed E-state index contributed by atoms with van der Waals surface area (Å²) in [6, 6.07) is 8.23. The van der Waals surface area contributed by atoms with Gasteiger partial charge in [0.25, 0.3) is 0 Å². The standard InChI is InChI=1S/C21H22N6OS/c1-25-7-6-16(24-25)11-26(2)23-10-19-18-5-4-15(8-17-13-29-14-22-17)9-20(18)27(3)21(19)12-28/h4-7,9-10,12-14H,8,11H2,1-3H3/b23-10-. The van der Waals surface area contributed by atoms with E-state index < -0.39 is 0 Å². The lowest BCUT2D eigenvalue weighted by Crippen LogP contribution is -2.12. The number of aldehydes is 1. The second-order valence-electron chi connectivity index (χ2n) is 7.02. The minimum atomic E-state index is 0.594. The zero-order valence-electron chi connectivity index (χ0n) is 16.6.